The molecule has 0 bridgehead atoms. The molecule has 1 fully saturated rings. The molecule has 0 radical (unpaired) electrons. The van der Waals surface area contributed by atoms with Gasteiger partial charge in [0.1, 0.15) is 18.8 Å². The Balaban J connectivity index is 1.46. The van der Waals surface area contributed by atoms with Gasteiger partial charge < -0.3 is 24.6 Å². The summed E-state index contributed by atoms with van der Waals surface area (Å²) in [6, 6.07) is 3.39. The number of halogens is 4. The molecule has 10 nitrogen and oxygen atoms in total. The van der Waals surface area contributed by atoms with Gasteiger partial charge in [-0.05, 0) is 31.0 Å². The van der Waals surface area contributed by atoms with E-state index in [2.05, 4.69) is 20.0 Å². The highest BCUT2D eigenvalue weighted by molar-refractivity contribution is 7.90. The molecule has 196 valence electrons. The van der Waals surface area contributed by atoms with Crippen LogP contribution in [0.3, 0.4) is 0 Å². The smallest absolute Gasteiger partial charge is 0.422 e. The van der Waals surface area contributed by atoms with Crippen LogP contribution in [0, 0.1) is 5.82 Å². The molecular weight excluding hydrogens is 510 g/mol. The molecule has 0 atom stereocenters. The summed E-state index contributed by atoms with van der Waals surface area (Å²) >= 11 is 0. The number of carbonyl (C=O) groups excluding carboxylic acids is 1. The summed E-state index contributed by atoms with van der Waals surface area (Å²) in [4.78, 5) is 23.4. The lowest BCUT2D eigenvalue weighted by Crippen LogP contribution is -2.49. The van der Waals surface area contributed by atoms with E-state index in [1.165, 1.54) is 23.4 Å². The van der Waals surface area contributed by atoms with Gasteiger partial charge in [-0.1, -0.05) is 0 Å². The maximum absolute atomic E-state index is 14.6. The van der Waals surface area contributed by atoms with Crippen molar-refractivity contribution >= 4 is 33.3 Å². The molecule has 1 amide bonds. The molecular formula is C21H23F4N5O5S. The van der Waals surface area contributed by atoms with Crippen molar-refractivity contribution in [3.63, 3.8) is 0 Å². The van der Waals surface area contributed by atoms with Gasteiger partial charge in [0.25, 0.3) is 0 Å². The number of piperidine rings is 1. The van der Waals surface area contributed by atoms with Gasteiger partial charge in [-0.2, -0.15) is 13.2 Å². The van der Waals surface area contributed by atoms with Crippen LogP contribution >= 0.6 is 0 Å². The zero-order valence-corrected chi connectivity index (χ0v) is 19.9. The van der Waals surface area contributed by atoms with Crippen molar-refractivity contribution in [1.29, 1.82) is 0 Å². The SMILES string of the molecule is CS(=O)(=O)c1ccc(Nc2ncnc3c2OCCN3C2CCN(C(=O)OCC(F)(F)F)CC2)c(F)c1. The predicted molar refractivity (Wildman–Crippen MR) is 120 cm³/mol. The number of hydrogen-bond acceptors (Lipinski definition) is 9. The quantitative estimate of drug-likeness (QED) is 0.579. The zero-order chi connectivity index (χ0) is 26.1. The number of rotatable bonds is 5. The van der Waals surface area contributed by atoms with E-state index < -0.39 is 34.5 Å². The van der Waals surface area contributed by atoms with Crippen molar-refractivity contribution in [2.45, 2.75) is 30.0 Å². The van der Waals surface area contributed by atoms with E-state index in [0.29, 0.717) is 25.2 Å². The Hall–Kier alpha value is -3.36. The number of nitrogens with one attached hydrogen (secondary N) is 1. The standard InChI is InChI=1S/C21H23F4N5O5S/c1-36(32,33)14-2-3-16(15(22)10-14)28-18-17-19(27-12-26-18)30(8-9-34-17)13-4-6-29(7-5-13)20(31)35-11-21(23,24)25/h2-3,10,12-13H,4-9,11H2,1H3,(H,26,27,28). The second kappa shape index (κ2) is 9.95. The molecule has 1 N–H and O–H groups in total. The van der Waals surface area contributed by atoms with Crippen LogP contribution < -0.4 is 15.0 Å². The number of carbonyl (C=O) groups is 1. The lowest BCUT2D eigenvalue weighted by atomic mass is 10.0. The first-order valence-corrected chi connectivity index (χ1v) is 12.8. The molecule has 4 rings (SSSR count). The van der Waals surface area contributed by atoms with Crippen LogP contribution in [0.15, 0.2) is 29.4 Å². The summed E-state index contributed by atoms with van der Waals surface area (Å²) < 4.78 is 84.9. The van der Waals surface area contributed by atoms with Gasteiger partial charge in [0.15, 0.2) is 28.1 Å². The number of alkyl halides is 3. The van der Waals surface area contributed by atoms with Crippen LogP contribution in [0.2, 0.25) is 0 Å². The zero-order valence-electron chi connectivity index (χ0n) is 19.1. The highest BCUT2D eigenvalue weighted by Gasteiger charge is 2.35. The first-order chi connectivity index (χ1) is 16.9. The Morgan fingerprint density at radius 3 is 2.58 bits per heavy atom. The van der Waals surface area contributed by atoms with E-state index >= 15 is 0 Å². The van der Waals surface area contributed by atoms with Gasteiger partial charge in [-0.3, -0.25) is 0 Å². The minimum atomic E-state index is -4.59. The van der Waals surface area contributed by atoms with E-state index in [1.54, 1.807) is 0 Å². The number of anilines is 3. The van der Waals surface area contributed by atoms with Crippen LogP contribution in [0.1, 0.15) is 12.8 Å². The molecule has 36 heavy (non-hydrogen) atoms. The topological polar surface area (TPSA) is 114 Å². The third-order valence-electron chi connectivity index (χ3n) is 5.78. The van der Waals surface area contributed by atoms with Gasteiger partial charge in [-0.15, -0.1) is 0 Å². The van der Waals surface area contributed by atoms with Crippen molar-refractivity contribution < 1.29 is 40.2 Å². The molecule has 1 saturated heterocycles. The predicted octanol–water partition coefficient (Wildman–Crippen LogP) is 3.12. The first-order valence-electron chi connectivity index (χ1n) is 10.9. The fourth-order valence-electron chi connectivity index (χ4n) is 4.05. The maximum atomic E-state index is 14.6. The molecule has 2 aliphatic rings. The molecule has 15 heteroatoms. The number of ether oxygens (including phenoxy) is 2. The van der Waals surface area contributed by atoms with Crippen LogP contribution in [0.25, 0.3) is 0 Å². The summed E-state index contributed by atoms with van der Waals surface area (Å²) in [5.41, 5.74) is -0.00491. The Labute approximate surface area is 204 Å². The third-order valence-corrected chi connectivity index (χ3v) is 6.89. The van der Waals surface area contributed by atoms with Gasteiger partial charge in [0, 0.05) is 25.4 Å². The van der Waals surface area contributed by atoms with Gasteiger partial charge >= 0.3 is 12.3 Å². The van der Waals surface area contributed by atoms with E-state index in [-0.39, 0.29) is 47.9 Å². The maximum Gasteiger partial charge on any atom is 0.422 e. The minimum Gasteiger partial charge on any atom is -0.485 e. The lowest BCUT2D eigenvalue weighted by molar-refractivity contribution is -0.162. The molecule has 0 saturated carbocycles. The summed E-state index contributed by atoms with van der Waals surface area (Å²) in [6.07, 6.45) is -2.41. The lowest BCUT2D eigenvalue weighted by Gasteiger charge is -2.41. The number of aromatic nitrogens is 2. The number of nitrogens with zero attached hydrogens (tertiary/aromatic N) is 4. The summed E-state index contributed by atoms with van der Waals surface area (Å²) in [5.74, 6) is 0.124. The number of hydrogen-bond donors (Lipinski definition) is 1. The Kier molecular flexibility index (Phi) is 7.11. The van der Waals surface area contributed by atoms with Crippen molar-refractivity contribution in [2.24, 2.45) is 0 Å². The van der Waals surface area contributed by atoms with Crippen molar-refractivity contribution in [2.75, 3.05) is 49.3 Å². The highest BCUT2D eigenvalue weighted by atomic mass is 32.2. The number of benzene rings is 1. The second-order valence-electron chi connectivity index (χ2n) is 8.34. The number of fused-ring (bicyclic) bond motifs is 1. The van der Waals surface area contributed by atoms with E-state index in [9.17, 15) is 30.8 Å². The number of amides is 1. The Bertz CT molecular complexity index is 1240. The molecule has 0 unspecified atom stereocenters. The number of likely N-dealkylation sites (tertiary alicyclic amines) is 1. The van der Waals surface area contributed by atoms with Crippen molar-refractivity contribution in [1.82, 2.24) is 14.9 Å². The molecule has 3 heterocycles. The largest absolute Gasteiger partial charge is 0.485 e. The minimum absolute atomic E-state index is 0.00491. The fourth-order valence-corrected chi connectivity index (χ4v) is 4.68. The van der Waals surface area contributed by atoms with E-state index in [0.717, 1.165) is 12.3 Å². The van der Waals surface area contributed by atoms with Crippen LogP contribution in [0.4, 0.5) is 39.7 Å². The van der Waals surface area contributed by atoms with Crippen molar-refractivity contribution in [3.05, 3.63) is 30.3 Å². The highest BCUT2D eigenvalue weighted by Crippen LogP contribution is 2.39. The second-order valence-corrected chi connectivity index (χ2v) is 10.4. The molecule has 2 aromatic rings. The molecule has 0 spiro atoms. The molecule has 1 aromatic heterocycles. The monoisotopic (exact) mass is 533 g/mol. The fraction of sp³-hybridized carbons (Fsp3) is 0.476. The Morgan fingerprint density at radius 1 is 1.22 bits per heavy atom. The van der Waals surface area contributed by atoms with Crippen LogP contribution in [-0.2, 0) is 14.6 Å². The van der Waals surface area contributed by atoms with E-state index in [4.69, 9.17) is 4.74 Å². The van der Waals surface area contributed by atoms with E-state index in [1.807, 2.05) is 4.90 Å². The summed E-state index contributed by atoms with van der Waals surface area (Å²) in [7, 11) is -3.58. The summed E-state index contributed by atoms with van der Waals surface area (Å²) in [5, 5.41) is 2.82. The van der Waals surface area contributed by atoms with Gasteiger partial charge in [0.05, 0.1) is 17.1 Å². The molecule has 2 aliphatic heterocycles. The average molecular weight is 534 g/mol. The number of sulfone groups is 1. The van der Waals surface area contributed by atoms with Crippen molar-refractivity contribution in [3.8, 4) is 5.75 Å². The van der Waals surface area contributed by atoms with Crippen LogP contribution in [-0.4, -0.2) is 80.7 Å². The van der Waals surface area contributed by atoms with Crippen LogP contribution in [0.5, 0.6) is 5.75 Å². The summed E-state index contributed by atoms with van der Waals surface area (Å²) in [6.45, 7) is -0.459. The van der Waals surface area contributed by atoms with Gasteiger partial charge in [-0.25, -0.2) is 27.6 Å². The third kappa shape index (κ3) is 5.88. The molecule has 0 aliphatic carbocycles. The van der Waals surface area contributed by atoms with Gasteiger partial charge in [0.2, 0.25) is 5.75 Å². The molecule has 1 aromatic carbocycles. The average Bonchev–Trinajstić information content (AvgIpc) is 2.82. The normalized spacial score (nSPS) is 16.8. The Morgan fingerprint density at radius 2 is 1.94 bits per heavy atom. The first kappa shape index (κ1) is 25.7.